The van der Waals surface area contributed by atoms with Gasteiger partial charge in [0.05, 0.1) is 11.2 Å². The van der Waals surface area contributed by atoms with Crippen LogP contribution in [0.25, 0.3) is 22.2 Å². The molecule has 3 nitrogen and oxygen atoms in total. The standard InChI is InChI=1S/C15H12BNO2/c18-16-19-13-8-5-12(6-9-13)15-10-7-11-3-1-2-4-14(11)17-15/h1-10,16,18H. The molecule has 92 valence electrons. The second-order valence-corrected chi connectivity index (χ2v) is 4.19. The minimum atomic E-state index is -0.312. The minimum Gasteiger partial charge on any atom is -0.539 e. The number of hydrogen-bond donors (Lipinski definition) is 1. The zero-order chi connectivity index (χ0) is 13.1. The van der Waals surface area contributed by atoms with Gasteiger partial charge in [-0.3, -0.25) is 0 Å². The summed E-state index contributed by atoms with van der Waals surface area (Å²) in [5, 5.41) is 9.82. The molecule has 3 rings (SSSR count). The van der Waals surface area contributed by atoms with Gasteiger partial charge in [-0.2, -0.15) is 0 Å². The van der Waals surface area contributed by atoms with Crippen LogP contribution in [0.3, 0.4) is 0 Å². The van der Waals surface area contributed by atoms with E-state index in [0.29, 0.717) is 5.75 Å². The summed E-state index contributed by atoms with van der Waals surface area (Å²) in [6.07, 6.45) is 0. The van der Waals surface area contributed by atoms with Crippen LogP contribution in [0.2, 0.25) is 0 Å². The molecule has 0 saturated heterocycles. The molecule has 1 aromatic heterocycles. The van der Waals surface area contributed by atoms with Gasteiger partial charge in [-0.25, -0.2) is 4.98 Å². The third-order valence-electron chi connectivity index (χ3n) is 2.98. The van der Waals surface area contributed by atoms with Crippen molar-refractivity contribution in [3.8, 4) is 17.0 Å². The molecule has 3 aromatic rings. The lowest BCUT2D eigenvalue weighted by Gasteiger charge is -2.05. The second kappa shape index (κ2) is 5.12. The molecule has 0 bridgehead atoms. The van der Waals surface area contributed by atoms with Crippen LogP contribution in [-0.2, 0) is 0 Å². The SMILES string of the molecule is OBOc1ccc(-c2ccc3ccccc3n2)cc1. The fourth-order valence-electron chi connectivity index (χ4n) is 2.02. The van der Waals surface area contributed by atoms with Crippen molar-refractivity contribution in [1.82, 2.24) is 4.98 Å². The van der Waals surface area contributed by atoms with Gasteiger partial charge in [0.15, 0.2) is 0 Å². The van der Waals surface area contributed by atoms with Crippen molar-refractivity contribution >= 4 is 18.6 Å². The molecule has 0 radical (unpaired) electrons. The number of benzene rings is 2. The predicted octanol–water partition coefficient (Wildman–Crippen LogP) is 2.54. The van der Waals surface area contributed by atoms with Crippen LogP contribution in [0.5, 0.6) is 5.75 Å². The Balaban J connectivity index is 1.99. The third-order valence-corrected chi connectivity index (χ3v) is 2.98. The van der Waals surface area contributed by atoms with Gasteiger partial charge in [-0.15, -0.1) is 0 Å². The Morgan fingerprint density at radius 1 is 0.895 bits per heavy atom. The van der Waals surface area contributed by atoms with Crippen molar-refractivity contribution in [3.05, 3.63) is 60.7 Å². The van der Waals surface area contributed by atoms with E-state index in [1.165, 1.54) is 0 Å². The lowest BCUT2D eigenvalue weighted by molar-refractivity contribution is 0.454. The van der Waals surface area contributed by atoms with Crippen LogP contribution >= 0.6 is 0 Å². The van der Waals surface area contributed by atoms with Crippen molar-refractivity contribution in [2.75, 3.05) is 0 Å². The first-order chi connectivity index (χ1) is 9.36. The van der Waals surface area contributed by atoms with Crippen molar-refractivity contribution in [2.45, 2.75) is 0 Å². The van der Waals surface area contributed by atoms with Crippen LogP contribution in [0, 0.1) is 0 Å². The average molecular weight is 249 g/mol. The Labute approximate surface area is 111 Å². The summed E-state index contributed by atoms with van der Waals surface area (Å²) in [6, 6.07) is 19.6. The smallest absolute Gasteiger partial charge is 0.504 e. The van der Waals surface area contributed by atoms with Gasteiger partial charge in [0, 0.05) is 10.9 Å². The summed E-state index contributed by atoms with van der Waals surface area (Å²) in [4.78, 5) is 4.63. The number of rotatable bonds is 3. The molecule has 1 N–H and O–H groups in total. The van der Waals surface area contributed by atoms with E-state index in [9.17, 15) is 0 Å². The average Bonchev–Trinajstić information content (AvgIpc) is 2.48. The van der Waals surface area contributed by atoms with Gasteiger partial charge < -0.3 is 9.68 Å². The molecule has 1 heterocycles. The van der Waals surface area contributed by atoms with E-state index in [1.807, 2.05) is 54.6 Å². The van der Waals surface area contributed by atoms with Crippen molar-refractivity contribution in [1.29, 1.82) is 0 Å². The van der Waals surface area contributed by atoms with E-state index in [-0.39, 0.29) is 7.69 Å². The highest BCUT2D eigenvalue weighted by molar-refractivity contribution is 6.17. The molecular formula is C15H12BNO2. The summed E-state index contributed by atoms with van der Waals surface area (Å²) in [6.45, 7) is 0. The van der Waals surface area contributed by atoms with Crippen molar-refractivity contribution < 1.29 is 9.68 Å². The largest absolute Gasteiger partial charge is 0.539 e. The first-order valence-corrected chi connectivity index (χ1v) is 6.07. The van der Waals surface area contributed by atoms with E-state index < -0.39 is 0 Å². The van der Waals surface area contributed by atoms with Gasteiger partial charge >= 0.3 is 7.69 Å². The predicted molar refractivity (Wildman–Crippen MR) is 77.2 cm³/mol. The Morgan fingerprint density at radius 3 is 2.47 bits per heavy atom. The number of para-hydroxylation sites is 1. The first-order valence-electron chi connectivity index (χ1n) is 6.07. The molecule has 0 spiro atoms. The van der Waals surface area contributed by atoms with E-state index in [1.54, 1.807) is 0 Å². The maximum Gasteiger partial charge on any atom is 0.504 e. The zero-order valence-electron chi connectivity index (χ0n) is 10.3. The molecule has 0 aliphatic carbocycles. The van der Waals surface area contributed by atoms with Crippen molar-refractivity contribution in [3.63, 3.8) is 0 Å². The fraction of sp³-hybridized carbons (Fsp3) is 0. The quantitative estimate of drug-likeness (QED) is 0.725. The zero-order valence-corrected chi connectivity index (χ0v) is 10.3. The highest BCUT2D eigenvalue weighted by Crippen LogP contribution is 2.23. The fourth-order valence-corrected chi connectivity index (χ4v) is 2.02. The molecule has 0 fully saturated rings. The number of hydrogen-bond acceptors (Lipinski definition) is 3. The Morgan fingerprint density at radius 2 is 1.68 bits per heavy atom. The molecule has 19 heavy (non-hydrogen) atoms. The van der Waals surface area contributed by atoms with Gasteiger partial charge in [-0.1, -0.05) is 24.3 Å². The van der Waals surface area contributed by atoms with Crippen LogP contribution < -0.4 is 4.65 Å². The Kier molecular flexibility index (Phi) is 3.17. The first kappa shape index (κ1) is 11.7. The molecule has 0 aliphatic rings. The molecule has 0 aliphatic heterocycles. The molecule has 0 saturated carbocycles. The normalized spacial score (nSPS) is 10.4. The summed E-state index contributed by atoms with van der Waals surface area (Å²) in [7, 11) is -0.312. The number of fused-ring (bicyclic) bond motifs is 1. The Bertz CT molecular complexity index is 698. The molecule has 0 atom stereocenters. The number of nitrogens with zero attached hydrogens (tertiary/aromatic N) is 1. The monoisotopic (exact) mass is 249 g/mol. The molecule has 4 heteroatoms. The van der Waals surface area contributed by atoms with Crippen LogP contribution in [0.15, 0.2) is 60.7 Å². The van der Waals surface area contributed by atoms with Gasteiger partial charge in [0.2, 0.25) is 0 Å². The van der Waals surface area contributed by atoms with E-state index in [0.717, 1.165) is 22.2 Å². The lowest BCUT2D eigenvalue weighted by Crippen LogP contribution is -1.99. The summed E-state index contributed by atoms with van der Waals surface area (Å²) < 4.78 is 5.00. The van der Waals surface area contributed by atoms with E-state index >= 15 is 0 Å². The Hall–Kier alpha value is -2.33. The topological polar surface area (TPSA) is 42.4 Å². The highest BCUT2D eigenvalue weighted by atomic mass is 16.5. The van der Waals surface area contributed by atoms with Crippen molar-refractivity contribution in [2.24, 2.45) is 0 Å². The van der Waals surface area contributed by atoms with Crippen LogP contribution in [0.1, 0.15) is 0 Å². The van der Waals surface area contributed by atoms with Gasteiger partial charge in [0.1, 0.15) is 5.75 Å². The summed E-state index contributed by atoms with van der Waals surface area (Å²) >= 11 is 0. The van der Waals surface area contributed by atoms with Gasteiger partial charge in [0.25, 0.3) is 0 Å². The molecule has 0 unspecified atom stereocenters. The summed E-state index contributed by atoms with van der Waals surface area (Å²) in [5.41, 5.74) is 2.93. The lowest BCUT2D eigenvalue weighted by atomic mass is 10.1. The highest BCUT2D eigenvalue weighted by Gasteiger charge is 2.02. The third kappa shape index (κ3) is 2.44. The van der Waals surface area contributed by atoms with Crippen LogP contribution in [-0.4, -0.2) is 17.7 Å². The molecule has 0 amide bonds. The van der Waals surface area contributed by atoms with E-state index in [2.05, 4.69) is 11.1 Å². The second-order valence-electron chi connectivity index (χ2n) is 4.19. The maximum atomic E-state index is 8.69. The number of pyridine rings is 1. The minimum absolute atomic E-state index is 0.312. The molecule has 2 aromatic carbocycles. The van der Waals surface area contributed by atoms with Gasteiger partial charge in [-0.05, 0) is 36.4 Å². The molecular weight excluding hydrogens is 237 g/mol. The summed E-state index contributed by atoms with van der Waals surface area (Å²) in [5.74, 6) is 0.645. The number of aromatic nitrogens is 1. The van der Waals surface area contributed by atoms with E-state index in [4.69, 9.17) is 9.68 Å². The van der Waals surface area contributed by atoms with Crippen LogP contribution in [0.4, 0.5) is 0 Å². The maximum absolute atomic E-state index is 8.69.